The van der Waals surface area contributed by atoms with Gasteiger partial charge in [-0.1, -0.05) is 41.4 Å². The molecule has 0 atom stereocenters. The van der Waals surface area contributed by atoms with Crippen molar-refractivity contribution in [2.75, 3.05) is 11.4 Å². The van der Waals surface area contributed by atoms with Crippen molar-refractivity contribution in [3.05, 3.63) is 101 Å². The molecule has 2 aromatic carbocycles. The van der Waals surface area contributed by atoms with Gasteiger partial charge in [0.05, 0.1) is 11.2 Å². The zero-order chi connectivity index (χ0) is 32.1. The predicted octanol–water partition coefficient (Wildman–Crippen LogP) is 8.93. The molecule has 1 aliphatic rings. The molecular formula is C30H34ClF6N3O2. The molecule has 2 heterocycles. The number of anilines is 1. The third-order valence-corrected chi connectivity index (χ3v) is 5.14. The van der Waals surface area contributed by atoms with Gasteiger partial charge >= 0.3 is 12.5 Å². The zero-order valence-corrected chi connectivity index (χ0v) is 24.4. The summed E-state index contributed by atoms with van der Waals surface area (Å²) in [6.45, 7) is 11.3. The van der Waals surface area contributed by atoms with Crippen LogP contribution in [0.1, 0.15) is 51.9 Å². The summed E-state index contributed by atoms with van der Waals surface area (Å²) in [5.74, 6) is -0.289. The normalized spacial score (nSPS) is 13.0. The molecule has 2 N–H and O–H groups in total. The van der Waals surface area contributed by atoms with Crippen LogP contribution >= 0.6 is 11.6 Å². The average molecular weight is 618 g/mol. The second-order valence-electron chi connectivity index (χ2n) is 9.82. The van der Waals surface area contributed by atoms with E-state index in [0.29, 0.717) is 18.7 Å². The summed E-state index contributed by atoms with van der Waals surface area (Å²) < 4.78 is 76.3. The number of carbonyl (C=O) groups is 1. The van der Waals surface area contributed by atoms with Gasteiger partial charge in [0.15, 0.2) is 0 Å². The molecule has 1 saturated heterocycles. The fourth-order valence-corrected chi connectivity index (χ4v) is 3.26. The van der Waals surface area contributed by atoms with Gasteiger partial charge in [-0.05, 0) is 82.6 Å². The summed E-state index contributed by atoms with van der Waals surface area (Å²) in [6.07, 6.45) is -7.84. The van der Waals surface area contributed by atoms with Crippen molar-refractivity contribution in [2.24, 2.45) is 5.73 Å². The first kappa shape index (κ1) is 36.5. The van der Waals surface area contributed by atoms with Crippen LogP contribution in [0.5, 0.6) is 5.75 Å². The van der Waals surface area contributed by atoms with E-state index < -0.39 is 23.8 Å². The minimum atomic E-state index is -4.69. The van der Waals surface area contributed by atoms with Crippen LogP contribution in [0.3, 0.4) is 0 Å². The maximum Gasteiger partial charge on any atom is 0.573 e. The number of allylic oxidation sites excluding steroid dienone is 1. The highest BCUT2D eigenvalue weighted by Gasteiger charge is 2.33. The van der Waals surface area contributed by atoms with Crippen LogP contribution in [0.4, 0.5) is 32.0 Å². The molecule has 1 aliphatic heterocycles. The zero-order valence-electron chi connectivity index (χ0n) is 23.7. The Morgan fingerprint density at radius 2 is 1.43 bits per heavy atom. The number of pyridine rings is 1. The number of halogens is 7. The number of carbonyl (C=O) groups excluding carboxylic acids is 1. The second kappa shape index (κ2) is 16.2. The highest BCUT2D eigenvalue weighted by atomic mass is 35.5. The molecule has 0 radical (unpaired) electrons. The molecule has 0 bridgehead atoms. The fourth-order valence-electron chi connectivity index (χ4n) is 3.12. The molecule has 230 valence electrons. The Morgan fingerprint density at radius 3 is 1.81 bits per heavy atom. The highest BCUT2D eigenvalue weighted by Crippen LogP contribution is 2.29. The Hall–Kier alpha value is -3.57. The van der Waals surface area contributed by atoms with E-state index in [1.807, 2.05) is 44.2 Å². The summed E-state index contributed by atoms with van der Waals surface area (Å²) in [5, 5.41) is 0.794. The first-order chi connectivity index (χ1) is 19.3. The largest absolute Gasteiger partial charge is 0.573 e. The van der Waals surface area contributed by atoms with Gasteiger partial charge < -0.3 is 15.4 Å². The van der Waals surface area contributed by atoms with E-state index in [0.717, 1.165) is 17.5 Å². The summed E-state index contributed by atoms with van der Waals surface area (Å²) in [7, 11) is 0. The first-order valence-electron chi connectivity index (χ1n) is 12.6. The molecule has 42 heavy (non-hydrogen) atoms. The van der Waals surface area contributed by atoms with Crippen LogP contribution < -0.4 is 15.4 Å². The standard InChI is InChI=1S/C11H10F3NO2.C9H11F3N2.C6H5Cl.C4H8/c12-11(13,14)17-9-5-3-8(4-6-9)15-7-1-2-10(15)16;1-8(2,13)6-4-3-5-7(14-6)9(10,11)12;7-6-4-2-1-3-5-6;1-4(2)3/h3-6H,1-2,7H2;3-5H,13H2,1-2H3;1-5H;1H2,2-3H3. The van der Waals surface area contributed by atoms with Crippen molar-refractivity contribution in [3.63, 3.8) is 0 Å². The van der Waals surface area contributed by atoms with Gasteiger partial charge in [0.1, 0.15) is 11.4 Å². The molecule has 0 aliphatic carbocycles. The molecule has 12 heteroatoms. The fraction of sp³-hybridized carbons (Fsp3) is 0.333. The predicted molar refractivity (Wildman–Crippen MR) is 153 cm³/mol. The lowest BCUT2D eigenvalue weighted by Gasteiger charge is -2.18. The molecule has 0 spiro atoms. The number of benzene rings is 2. The van der Waals surface area contributed by atoms with Crippen molar-refractivity contribution in [2.45, 2.75) is 58.6 Å². The van der Waals surface area contributed by atoms with E-state index in [2.05, 4.69) is 16.3 Å². The number of amides is 1. The van der Waals surface area contributed by atoms with Gasteiger partial charge in [-0.2, -0.15) is 13.2 Å². The lowest BCUT2D eigenvalue weighted by Crippen LogP contribution is -2.30. The monoisotopic (exact) mass is 617 g/mol. The van der Waals surface area contributed by atoms with Crippen molar-refractivity contribution in [1.29, 1.82) is 0 Å². The molecule has 0 unspecified atom stereocenters. The van der Waals surface area contributed by atoms with Crippen molar-refractivity contribution < 1.29 is 35.9 Å². The summed E-state index contributed by atoms with van der Waals surface area (Å²) >= 11 is 5.54. The summed E-state index contributed by atoms with van der Waals surface area (Å²) in [6, 6.07) is 18.5. The van der Waals surface area contributed by atoms with Crippen LogP contribution in [-0.2, 0) is 16.5 Å². The molecule has 1 fully saturated rings. The first-order valence-corrected chi connectivity index (χ1v) is 13.0. The quantitative estimate of drug-likeness (QED) is 0.235. The van der Waals surface area contributed by atoms with Crippen LogP contribution in [0, 0.1) is 0 Å². The van der Waals surface area contributed by atoms with E-state index in [4.69, 9.17) is 17.3 Å². The number of aromatic nitrogens is 1. The van der Waals surface area contributed by atoms with Gasteiger partial charge in [-0.25, -0.2) is 4.98 Å². The number of alkyl halides is 6. The van der Waals surface area contributed by atoms with E-state index in [1.165, 1.54) is 42.0 Å². The van der Waals surface area contributed by atoms with Crippen LogP contribution in [0.2, 0.25) is 5.02 Å². The maximum atomic E-state index is 12.3. The maximum absolute atomic E-state index is 12.3. The Balaban J connectivity index is 0.000000315. The highest BCUT2D eigenvalue weighted by molar-refractivity contribution is 6.30. The molecule has 5 nitrogen and oxygen atoms in total. The number of rotatable bonds is 3. The molecule has 1 aromatic heterocycles. The SMILES string of the molecule is C=C(C)C.CC(C)(N)c1cccc(C(F)(F)F)n1.Clc1ccccc1.O=C1CCCN1c1ccc(OC(F)(F)F)cc1. The van der Waals surface area contributed by atoms with E-state index in [9.17, 15) is 31.1 Å². The topological polar surface area (TPSA) is 68.5 Å². The number of nitrogens with zero attached hydrogens (tertiary/aromatic N) is 2. The number of hydrogen-bond donors (Lipinski definition) is 1. The number of hydrogen-bond acceptors (Lipinski definition) is 4. The van der Waals surface area contributed by atoms with Crippen LogP contribution in [0.25, 0.3) is 0 Å². The Labute approximate surface area is 247 Å². The average Bonchev–Trinajstić information content (AvgIpc) is 3.29. The third-order valence-electron chi connectivity index (χ3n) is 4.89. The third kappa shape index (κ3) is 14.9. The van der Waals surface area contributed by atoms with Crippen molar-refractivity contribution in [1.82, 2.24) is 4.98 Å². The van der Waals surface area contributed by atoms with E-state index in [-0.39, 0.29) is 17.4 Å². The molecule has 3 aromatic rings. The summed E-state index contributed by atoms with van der Waals surface area (Å²) in [4.78, 5) is 16.4. The molecule has 0 saturated carbocycles. The Bertz CT molecular complexity index is 1230. The number of nitrogens with two attached hydrogens (primary N) is 1. The van der Waals surface area contributed by atoms with Gasteiger partial charge in [0, 0.05) is 23.7 Å². The van der Waals surface area contributed by atoms with Crippen LogP contribution in [-0.4, -0.2) is 23.8 Å². The van der Waals surface area contributed by atoms with Gasteiger partial charge in [0.2, 0.25) is 5.91 Å². The molecule has 1 amide bonds. The van der Waals surface area contributed by atoms with Gasteiger partial charge in [0.25, 0.3) is 0 Å². The minimum absolute atomic E-state index is 0.00510. The second-order valence-corrected chi connectivity index (χ2v) is 10.3. The van der Waals surface area contributed by atoms with E-state index in [1.54, 1.807) is 18.7 Å². The Kier molecular flexibility index (Phi) is 14.0. The lowest BCUT2D eigenvalue weighted by atomic mass is 10.0. The van der Waals surface area contributed by atoms with Crippen LogP contribution in [0.15, 0.2) is 84.9 Å². The van der Waals surface area contributed by atoms with Crippen molar-refractivity contribution >= 4 is 23.2 Å². The summed E-state index contributed by atoms with van der Waals surface area (Å²) in [5.41, 5.74) is 5.87. The minimum Gasteiger partial charge on any atom is -0.406 e. The smallest absolute Gasteiger partial charge is 0.406 e. The lowest BCUT2D eigenvalue weighted by molar-refractivity contribution is -0.274. The van der Waals surface area contributed by atoms with E-state index >= 15 is 0 Å². The van der Waals surface area contributed by atoms with Crippen molar-refractivity contribution in [3.8, 4) is 5.75 Å². The molecule has 4 rings (SSSR count). The van der Waals surface area contributed by atoms with Gasteiger partial charge in [-0.3, -0.25) is 4.79 Å². The Morgan fingerprint density at radius 1 is 0.905 bits per heavy atom. The molecular weight excluding hydrogens is 584 g/mol. The van der Waals surface area contributed by atoms with Gasteiger partial charge in [-0.15, -0.1) is 19.8 Å². The number of ether oxygens (including phenoxy) is 1.